The maximum atomic E-state index is 12.5. The molecule has 6 heteroatoms. The van der Waals surface area contributed by atoms with Gasteiger partial charge >= 0.3 is 0 Å². The molecule has 1 N–H and O–H groups in total. The summed E-state index contributed by atoms with van der Waals surface area (Å²) in [6, 6.07) is 4.97. The fraction of sp³-hybridized carbons (Fsp3) is 0.533. The van der Waals surface area contributed by atoms with Crippen LogP contribution in [0.3, 0.4) is 0 Å². The molecule has 1 aromatic carbocycles. The molecule has 1 fully saturated rings. The summed E-state index contributed by atoms with van der Waals surface area (Å²) in [7, 11) is 3.55. The quantitative estimate of drug-likeness (QED) is 0.901. The second kappa shape index (κ2) is 7.11. The van der Waals surface area contributed by atoms with Crippen molar-refractivity contribution >= 4 is 17.5 Å². The molecule has 2 atom stereocenters. The Labute approximate surface area is 130 Å². The lowest BCUT2D eigenvalue weighted by Crippen LogP contribution is -2.44. The lowest BCUT2D eigenvalue weighted by Gasteiger charge is -2.20. The van der Waals surface area contributed by atoms with Crippen molar-refractivity contribution in [2.45, 2.75) is 19.1 Å². The average Bonchev–Trinajstić information content (AvgIpc) is 2.79. The largest absolute Gasteiger partial charge is 0.496 e. The fourth-order valence-corrected chi connectivity index (χ4v) is 2.76. The summed E-state index contributed by atoms with van der Waals surface area (Å²) in [5.41, 5.74) is 0.440. The van der Waals surface area contributed by atoms with Gasteiger partial charge in [0.2, 0.25) is 0 Å². The molecule has 1 aliphatic heterocycles. The van der Waals surface area contributed by atoms with Crippen molar-refractivity contribution in [1.29, 1.82) is 0 Å². The number of hydrogen-bond donors (Lipinski definition) is 1. The van der Waals surface area contributed by atoms with Gasteiger partial charge in [-0.3, -0.25) is 4.79 Å². The minimum absolute atomic E-state index is 0.00845. The summed E-state index contributed by atoms with van der Waals surface area (Å²) < 4.78 is 10.9. The summed E-state index contributed by atoms with van der Waals surface area (Å²) in [6.45, 7) is 4.16. The molecule has 0 bridgehead atoms. The number of carbonyl (C=O) groups excluding carboxylic acids is 1. The van der Waals surface area contributed by atoms with E-state index in [1.54, 1.807) is 18.2 Å². The number of halogens is 1. The fourth-order valence-electron chi connectivity index (χ4n) is 2.59. The van der Waals surface area contributed by atoms with Crippen LogP contribution in [0.5, 0.6) is 5.75 Å². The number of hydrogen-bond acceptors (Lipinski definition) is 4. The van der Waals surface area contributed by atoms with Crippen LogP contribution >= 0.6 is 11.6 Å². The molecule has 0 spiro atoms. The molecule has 5 nitrogen and oxygen atoms in total. The van der Waals surface area contributed by atoms with Crippen LogP contribution in [0.25, 0.3) is 0 Å². The third-order valence-corrected chi connectivity index (χ3v) is 3.79. The van der Waals surface area contributed by atoms with E-state index in [9.17, 15) is 4.79 Å². The maximum absolute atomic E-state index is 12.5. The first-order chi connectivity index (χ1) is 10.0. The first kappa shape index (κ1) is 16.1. The average molecular weight is 313 g/mol. The molecule has 0 radical (unpaired) electrons. The lowest BCUT2D eigenvalue weighted by molar-refractivity contribution is 0.0512. The van der Waals surface area contributed by atoms with Gasteiger partial charge in [-0.15, -0.1) is 0 Å². The van der Waals surface area contributed by atoms with Gasteiger partial charge in [-0.05, 0) is 32.2 Å². The lowest BCUT2D eigenvalue weighted by atomic mass is 10.1. The number of methoxy groups -OCH3 is 1. The van der Waals surface area contributed by atoms with Crippen LogP contribution in [0.2, 0.25) is 5.02 Å². The van der Waals surface area contributed by atoms with Crippen molar-refractivity contribution < 1.29 is 14.3 Å². The standard InChI is InChI=1S/C15H21ClN2O3/c1-4-21-14-9-18(2)8-12(14)17-15(19)11-7-10(16)5-6-13(11)20-3/h5-7,12,14H,4,8-9H2,1-3H3,(H,17,19). The minimum Gasteiger partial charge on any atom is -0.496 e. The molecule has 0 aromatic heterocycles. The number of nitrogens with one attached hydrogen (secondary N) is 1. The summed E-state index contributed by atoms with van der Waals surface area (Å²) >= 11 is 5.97. The number of carbonyl (C=O) groups is 1. The van der Waals surface area contributed by atoms with Crippen molar-refractivity contribution in [3.8, 4) is 5.75 Å². The van der Waals surface area contributed by atoms with Crippen molar-refractivity contribution in [1.82, 2.24) is 10.2 Å². The second-order valence-electron chi connectivity index (χ2n) is 5.14. The SMILES string of the molecule is CCOC1CN(C)CC1NC(=O)c1cc(Cl)ccc1OC. The summed E-state index contributed by atoms with van der Waals surface area (Å²) in [5, 5.41) is 3.52. The zero-order valence-electron chi connectivity index (χ0n) is 12.6. The third-order valence-electron chi connectivity index (χ3n) is 3.55. The van der Waals surface area contributed by atoms with Crippen LogP contribution in [0.4, 0.5) is 0 Å². The van der Waals surface area contributed by atoms with Crippen molar-refractivity contribution in [2.75, 3.05) is 33.9 Å². The molecule has 0 saturated carbocycles. The number of benzene rings is 1. The number of nitrogens with zero attached hydrogens (tertiary/aromatic N) is 1. The zero-order chi connectivity index (χ0) is 15.4. The number of likely N-dealkylation sites (tertiary alicyclic amines) is 1. The molecule has 1 saturated heterocycles. The van der Waals surface area contributed by atoms with Crippen LogP contribution in [0, 0.1) is 0 Å². The Balaban J connectivity index is 2.12. The van der Waals surface area contributed by atoms with E-state index in [-0.39, 0.29) is 18.1 Å². The van der Waals surface area contributed by atoms with Crippen LogP contribution in [0.1, 0.15) is 17.3 Å². The number of likely N-dealkylation sites (N-methyl/N-ethyl adjacent to an activating group) is 1. The van der Waals surface area contributed by atoms with Gasteiger partial charge in [0.1, 0.15) is 5.75 Å². The van der Waals surface area contributed by atoms with Crippen LogP contribution < -0.4 is 10.1 Å². The van der Waals surface area contributed by atoms with Gasteiger partial charge in [0.05, 0.1) is 24.8 Å². The monoisotopic (exact) mass is 312 g/mol. The molecule has 1 aliphatic rings. The minimum atomic E-state index is -0.195. The Morgan fingerprint density at radius 1 is 1.48 bits per heavy atom. The van der Waals surface area contributed by atoms with Gasteiger partial charge in [-0.2, -0.15) is 0 Å². The first-order valence-corrected chi connectivity index (χ1v) is 7.37. The Bertz CT molecular complexity index is 510. The van der Waals surface area contributed by atoms with Gasteiger partial charge in [0, 0.05) is 24.7 Å². The normalized spacial score (nSPS) is 22.3. The van der Waals surface area contributed by atoms with Gasteiger partial charge in [-0.1, -0.05) is 11.6 Å². The molecule has 1 heterocycles. The maximum Gasteiger partial charge on any atom is 0.255 e. The highest BCUT2D eigenvalue weighted by Crippen LogP contribution is 2.23. The van der Waals surface area contributed by atoms with Crippen molar-refractivity contribution in [3.63, 3.8) is 0 Å². The highest BCUT2D eigenvalue weighted by atomic mass is 35.5. The van der Waals surface area contributed by atoms with Crippen molar-refractivity contribution in [2.24, 2.45) is 0 Å². The highest BCUT2D eigenvalue weighted by Gasteiger charge is 2.33. The molecule has 21 heavy (non-hydrogen) atoms. The Morgan fingerprint density at radius 3 is 2.90 bits per heavy atom. The number of amides is 1. The topological polar surface area (TPSA) is 50.8 Å². The molecule has 2 unspecified atom stereocenters. The summed E-state index contributed by atoms with van der Waals surface area (Å²) in [6.07, 6.45) is 0.00845. The molecule has 1 aromatic rings. The van der Waals surface area contributed by atoms with E-state index in [1.807, 2.05) is 14.0 Å². The second-order valence-corrected chi connectivity index (χ2v) is 5.58. The summed E-state index contributed by atoms with van der Waals surface area (Å²) in [4.78, 5) is 14.6. The van der Waals surface area contributed by atoms with Gasteiger partial charge in [-0.25, -0.2) is 0 Å². The first-order valence-electron chi connectivity index (χ1n) is 6.99. The molecule has 2 rings (SSSR count). The van der Waals surface area contributed by atoms with E-state index in [1.165, 1.54) is 7.11 Å². The molecule has 116 valence electrons. The van der Waals surface area contributed by atoms with E-state index in [2.05, 4.69) is 10.2 Å². The van der Waals surface area contributed by atoms with Gasteiger partial charge in [0.25, 0.3) is 5.91 Å². The van der Waals surface area contributed by atoms with E-state index < -0.39 is 0 Å². The molecule has 1 amide bonds. The number of ether oxygens (including phenoxy) is 2. The highest BCUT2D eigenvalue weighted by molar-refractivity contribution is 6.31. The smallest absolute Gasteiger partial charge is 0.255 e. The van der Waals surface area contributed by atoms with Crippen LogP contribution in [-0.4, -0.2) is 56.8 Å². The molecular formula is C15H21ClN2O3. The summed E-state index contributed by atoms with van der Waals surface area (Å²) in [5.74, 6) is 0.315. The third kappa shape index (κ3) is 3.87. The Morgan fingerprint density at radius 2 is 2.24 bits per heavy atom. The molecular weight excluding hydrogens is 292 g/mol. The van der Waals surface area contributed by atoms with Gasteiger partial charge < -0.3 is 19.7 Å². The Hall–Kier alpha value is -1.30. The zero-order valence-corrected chi connectivity index (χ0v) is 13.3. The Kier molecular flexibility index (Phi) is 5.45. The predicted molar refractivity (Wildman–Crippen MR) is 82.2 cm³/mol. The van der Waals surface area contributed by atoms with Gasteiger partial charge in [0.15, 0.2) is 0 Å². The van der Waals surface area contributed by atoms with E-state index >= 15 is 0 Å². The van der Waals surface area contributed by atoms with E-state index in [4.69, 9.17) is 21.1 Å². The molecule has 0 aliphatic carbocycles. The van der Waals surface area contributed by atoms with Crippen LogP contribution in [-0.2, 0) is 4.74 Å². The predicted octanol–water partition coefficient (Wildman–Crippen LogP) is 1.80. The van der Waals surface area contributed by atoms with Crippen molar-refractivity contribution in [3.05, 3.63) is 28.8 Å². The van der Waals surface area contributed by atoms with E-state index in [0.717, 1.165) is 13.1 Å². The van der Waals surface area contributed by atoms with Crippen LogP contribution in [0.15, 0.2) is 18.2 Å². The number of rotatable bonds is 5. The van der Waals surface area contributed by atoms with E-state index in [0.29, 0.717) is 22.9 Å².